The van der Waals surface area contributed by atoms with E-state index in [1.54, 1.807) is 18.6 Å². The van der Waals surface area contributed by atoms with Crippen LogP contribution in [0, 0.1) is 10.1 Å². The average Bonchev–Trinajstić information content (AvgIpc) is 3.70. The molecular formula is C29H26N6O3. The second-order valence-corrected chi connectivity index (χ2v) is 9.49. The van der Waals surface area contributed by atoms with Gasteiger partial charge in [0.2, 0.25) is 0 Å². The van der Waals surface area contributed by atoms with Gasteiger partial charge in [-0.3, -0.25) is 15.0 Å². The highest BCUT2D eigenvalue weighted by atomic mass is 16.6. The molecule has 3 aromatic carbocycles. The Hall–Kier alpha value is -4.76. The number of rotatable bonds is 7. The van der Waals surface area contributed by atoms with Crippen molar-refractivity contribution in [2.24, 2.45) is 4.99 Å². The molecular weight excluding hydrogens is 480 g/mol. The van der Waals surface area contributed by atoms with E-state index in [-0.39, 0.29) is 11.6 Å². The Morgan fingerprint density at radius 2 is 1.82 bits per heavy atom. The minimum atomic E-state index is -0.439. The number of aromatic hydroxyl groups is 1. The van der Waals surface area contributed by atoms with Crippen LogP contribution in [0.3, 0.4) is 0 Å². The van der Waals surface area contributed by atoms with Gasteiger partial charge in [-0.05, 0) is 55.3 Å². The van der Waals surface area contributed by atoms with Crippen LogP contribution in [0.1, 0.15) is 29.5 Å². The molecule has 9 heteroatoms. The van der Waals surface area contributed by atoms with Gasteiger partial charge in [-0.25, -0.2) is 9.98 Å². The van der Waals surface area contributed by atoms with Crippen molar-refractivity contribution in [3.05, 3.63) is 106 Å². The number of imidazole rings is 1. The topological polar surface area (TPSA) is 123 Å². The number of likely N-dealkylation sites (tertiary alicyclic amines) is 1. The number of aromatic amines is 2. The molecule has 0 radical (unpaired) electrons. The summed E-state index contributed by atoms with van der Waals surface area (Å²) >= 11 is 0. The van der Waals surface area contributed by atoms with Gasteiger partial charge in [-0.2, -0.15) is 0 Å². The van der Waals surface area contributed by atoms with Gasteiger partial charge in [0, 0.05) is 35.1 Å². The maximum absolute atomic E-state index is 11.5. The molecule has 1 fully saturated rings. The quantitative estimate of drug-likeness (QED) is 0.143. The predicted molar refractivity (Wildman–Crippen MR) is 147 cm³/mol. The van der Waals surface area contributed by atoms with Gasteiger partial charge in [-0.15, -0.1) is 0 Å². The van der Waals surface area contributed by atoms with Crippen LogP contribution >= 0.6 is 0 Å². The molecule has 190 valence electrons. The summed E-state index contributed by atoms with van der Waals surface area (Å²) < 4.78 is 0. The highest BCUT2D eigenvalue weighted by Crippen LogP contribution is 2.34. The monoisotopic (exact) mass is 506 g/mol. The van der Waals surface area contributed by atoms with Gasteiger partial charge in [0.05, 0.1) is 40.1 Å². The largest absolute Gasteiger partial charge is 0.494 e. The van der Waals surface area contributed by atoms with E-state index in [1.807, 2.05) is 36.4 Å². The number of nitrogens with one attached hydrogen (secondary N) is 2. The van der Waals surface area contributed by atoms with Crippen LogP contribution in [-0.4, -0.2) is 48.7 Å². The molecule has 0 aliphatic carbocycles. The zero-order valence-electron chi connectivity index (χ0n) is 20.6. The first kappa shape index (κ1) is 23.6. The predicted octanol–water partition coefficient (Wildman–Crippen LogP) is 5.94. The van der Waals surface area contributed by atoms with E-state index < -0.39 is 4.92 Å². The molecule has 0 saturated carbocycles. The third-order valence-corrected chi connectivity index (χ3v) is 6.96. The minimum absolute atomic E-state index is 0.0537. The molecule has 6 rings (SSSR count). The van der Waals surface area contributed by atoms with Gasteiger partial charge < -0.3 is 15.1 Å². The van der Waals surface area contributed by atoms with E-state index in [4.69, 9.17) is 4.99 Å². The Morgan fingerprint density at radius 3 is 2.50 bits per heavy atom. The zero-order chi connectivity index (χ0) is 26.1. The molecule has 0 atom stereocenters. The molecule has 1 saturated heterocycles. The standard InChI is InChI=1S/C29H26N6O3/c36-29-27(24-15-23(35(37)38)11-12-25(24)33-29)28(21-5-3-19(4-6-21)17-34-13-1-2-14-34)32-22-9-7-20(8-10-22)26-16-30-18-31-26/h3-12,15-16,18,33,36H,1-2,13-14,17H2,(H,30,31). The molecule has 0 unspecified atom stereocenters. The molecule has 0 amide bonds. The summed E-state index contributed by atoms with van der Waals surface area (Å²) in [5.74, 6) is -0.0885. The lowest BCUT2D eigenvalue weighted by molar-refractivity contribution is -0.384. The molecule has 9 nitrogen and oxygen atoms in total. The summed E-state index contributed by atoms with van der Waals surface area (Å²) in [6, 6.07) is 20.3. The fraction of sp³-hybridized carbons (Fsp3) is 0.172. The van der Waals surface area contributed by atoms with Crippen molar-refractivity contribution in [3.63, 3.8) is 0 Å². The third kappa shape index (κ3) is 4.67. The summed E-state index contributed by atoms with van der Waals surface area (Å²) in [5, 5.41) is 23.0. The zero-order valence-corrected chi connectivity index (χ0v) is 20.6. The van der Waals surface area contributed by atoms with E-state index in [0.29, 0.717) is 27.9 Å². The number of nitrogens with zero attached hydrogens (tertiary/aromatic N) is 4. The number of non-ortho nitro benzene ring substituents is 1. The van der Waals surface area contributed by atoms with Gasteiger partial charge in [0.25, 0.3) is 5.69 Å². The van der Waals surface area contributed by atoms with Crippen LogP contribution in [-0.2, 0) is 6.54 Å². The van der Waals surface area contributed by atoms with E-state index in [1.165, 1.54) is 30.5 Å². The third-order valence-electron chi connectivity index (χ3n) is 6.96. The minimum Gasteiger partial charge on any atom is -0.494 e. The summed E-state index contributed by atoms with van der Waals surface area (Å²) in [4.78, 5) is 28.6. The molecule has 0 spiro atoms. The number of fused-ring (bicyclic) bond motifs is 1. The summed E-state index contributed by atoms with van der Waals surface area (Å²) in [6.45, 7) is 3.13. The number of benzene rings is 3. The molecule has 2 aromatic heterocycles. The van der Waals surface area contributed by atoms with Crippen LogP contribution in [0.5, 0.6) is 5.88 Å². The van der Waals surface area contributed by atoms with Crippen molar-refractivity contribution in [1.82, 2.24) is 19.9 Å². The highest BCUT2D eigenvalue weighted by Gasteiger charge is 2.21. The lowest BCUT2D eigenvalue weighted by Gasteiger charge is -2.15. The van der Waals surface area contributed by atoms with Gasteiger partial charge in [0.1, 0.15) is 0 Å². The van der Waals surface area contributed by atoms with Crippen molar-refractivity contribution < 1.29 is 10.0 Å². The highest BCUT2D eigenvalue weighted by molar-refractivity contribution is 6.22. The number of nitro groups is 1. The first-order chi connectivity index (χ1) is 18.5. The molecule has 3 heterocycles. The van der Waals surface area contributed by atoms with Gasteiger partial charge in [0.15, 0.2) is 5.88 Å². The molecule has 38 heavy (non-hydrogen) atoms. The van der Waals surface area contributed by atoms with Gasteiger partial charge in [-0.1, -0.05) is 36.4 Å². The maximum Gasteiger partial charge on any atom is 0.270 e. The second-order valence-electron chi connectivity index (χ2n) is 9.49. The van der Waals surface area contributed by atoms with Crippen LogP contribution in [0.15, 0.2) is 84.2 Å². The second kappa shape index (κ2) is 9.95. The lowest BCUT2D eigenvalue weighted by atomic mass is 9.99. The number of nitro benzene ring substituents is 1. The molecule has 0 bridgehead atoms. The van der Waals surface area contributed by atoms with Crippen molar-refractivity contribution in [2.75, 3.05) is 13.1 Å². The van der Waals surface area contributed by atoms with Crippen molar-refractivity contribution in [2.45, 2.75) is 19.4 Å². The van der Waals surface area contributed by atoms with E-state index in [0.717, 1.165) is 36.5 Å². The fourth-order valence-corrected chi connectivity index (χ4v) is 5.01. The number of hydrogen-bond acceptors (Lipinski definition) is 6. The van der Waals surface area contributed by atoms with Crippen LogP contribution in [0.2, 0.25) is 0 Å². The lowest BCUT2D eigenvalue weighted by Crippen LogP contribution is -2.18. The van der Waals surface area contributed by atoms with Crippen LogP contribution in [0.4, 0.5) is 11.4 Å². The molecule has 3 N–H and O–H groups in total. The van der Waals surface area contributed by atoms with Crippen molar-refractivity contribution in [3.8, 4) is 17.1 Å². The van der Waals surface area contributed by atoms with Crippen LogP contribution < -0.4 is 0 Å². The Bertz CT molecular complexity index is 1610. The average molecular weight is 507 g/mol. The first-order valence-electron chi connectivity index (χ1n) is 12.5. The Morgan fingerprint density at radius 1 is 1.05 bits per heavy atom. The van der Waals surface area contributed by atoms with E-state index in [2.05, 4.69) is 32.0 Å². The summed E-state index contributed by atoms with van der Waals surface area (Å²) in [7, 11) is 0. The number of aromatic nitrogens is 3. The Labute approximate surface area is 218 Å². The Kier molecular flexibility index (Phi) is 6.19. The normalized spacial score (nSPS) is 14.4. The summed E-state index contributed by atoms with van der Waals surface area (Å²) in [6.07, 6.45) is 5.86. The fourth-order valence-electron chi connectivity index (χ4n) is 5.01. The molecule has 1 aliphatic rings. The smallest absolute Gasteiger partial charge is 0.270 e. The SMILES string of the molecule is O=[N+]([O-])c1ccc2[nH]c(O)c(C(=Nc3ccc(-c4cnc[nH]4)cc3)c3ccc(CN4CCCC4)cc3)c2c1. The van der Waals surface area contributed by atoms with Crippen molar-refractivity contribution in [1.29, 1.82) is 0 Å². The Balaban J connectivity index is 1.44. The van der Waals surface area contributed by atoms with Gasteiger partial charge >= 0.3 is 0 Å². The number of H-pyrrole nitrogens is 2. The summed E-state index contributed by atoms with van der Waals surface area (Å²) in [5.41, 5.74) is 6.05. The molecule has 5 aromatic rings. The van der Waals surface area contributed by atoms with Crippen molar-refractivity contribution >= 4 is 28.0 Å². The molecule has 1 aliphatic heterocycles. The number of hydrogen-bond donors (Lipinski definition) is 3. The maximum atomic E-state index is 11.5. The number of aliphatic imine (C=N–C) groups is 1. The first-order valence-corrected chi connectivity index (χ1v) is 12.5. The van der Waals surface area contributed by atoms with E-state index in [9.17, 15) is 15.2 Å². The van der Waals surface area contributed by atoms with E-state index >= 15 is 0 Å². The van der Waals surface area contributed by atoms with Crippen LogP contribution in [0.25, 0.3) is 22.2 Å².